The topological polar surface area (TPSA) is 67.2 Å². The predicted octanol–water partition coefficient (Wildman–Crippen LogP) is 1.26. The molecular formula is C14H18N2O3. The Bertz CT molecular complexity index is 623. The number of para-hydroxylation sites is 2. The van der Waals surface area contributed by atoms with Gasteiger partial charge in [-0.1, -0.05) is 12.1 Å². The van der Waals surface area contributed by atoms with Crippen LogP contribution < -0.4 is 5.69 Å². The lowest BCUT2D eigenvalue weighted by Gasteiger charge is -2.32. The Morgan fingerprint density at radius 1 is 1.32 bits per heavy atom. The van der Waals surface area contributed by atoms with Gasteiger partial charge >= 0.3 is 5.69 Å². The fourth-order valence-corrected chi connectivity index (χ4v) is 2.65. The molecule has 1 aliphatic rings. The third kappa shape index (κ3) is 2.43. The number of hydrogen-bond donors (Lipinski definition) is 2. The van der Waals surface area contributed by atoms with E-state index in [1.807, 2.05) is 24.3 Å². The monoisotopic (exact) mass is 262 g/mol. The minimum absolute atomic E-state index is 0.114. The standard InChI is InChI=1S/C14H18N2O3/c17-13-15-11-3-1-2-4-12(11)16(13)8-5-14(18)6-9-19-10-7-14/h1-4,18H,5-10H2,(H,15,17). The molecule has 3 rings (SSSR count). The quantitative estimate of drug-likeness (QED) is 0.875. The van der Waals surface area contributed by atoms with Crippen LogP contribution in [0.5, 0.6) is 0 Å². The summed E-state index contributed by atoms with van der Waals surface area (Å²) in [4.78, 5) is 14.7. The maximum atomic E-state index is 11.9. The minimum Gasteiger partial charge on any atom is -0.390 e. The summed E-state index contributed by atoms with van der Waals surface area (Å²) in [5.74, 6) is 0. The van der Waals surface area contributed by atoms with Gasteiger partial charge in [0.15, 0.2) is 0 Å². The van der Waals surface area contributed by atoms with Crippen LogP contribution in [0.3, 0.4) is 0 Å². The first-order valence-corrected chi connectivity index (χ1v) is 6.66. The van der Waals surface area contributed by atoms with E-state index in [1.54, 1.807) is 4.57 Å². The van der Waals surface area contributed by atoms with E-state index >= 15 is 0 Å². The highest BCUT2D eigenvalue weighted by Crippen LogP contribution is 2.25. The van der Waals surface area contributed by atoms with Gasteiger partial charge in [-0.3, -0.25) is 4.57 Å². The van der Waals surface area contributed by atoms with Gasteiger partial charge in [-0.05, 0) is 31.4 Å². The second kappa shape index (κ2) is 4.83. The van der Waals surface area contributed by atoms with Crippen molar-refractivity contribution >= 4 is 11.0 Å². The Hall–Kier alpha value is -1.59. The summed E-state index contributed by atoms with van der Waals surface area (Å²) in [5, 5.41) is 10.4. The van der Waals surface area contributed by atoms with Crippen molar-refractivity contribution in [3.05, 3.63) is 34.7 Å². The molecule has 0 spiro atoms. The number of aryl methyl sites for hydroxylation is 1. The molecule has 0 atom stereocenters. The normalized spacial score (nSPS) is 18.8. The lowest BCUT2D eigenvalue weighted by molar-refractivity contribution is -0.0698. The molecule has 5 nitrogen and oxygen atoms in total. The number of H-pyrrole nitrogens is 1. The van der Waals surface area contributed by atoms with E-state index in [4.69, 9.17) is 4.74 Å². The molecule has 0 unspecified atom stereocenters. The fourth-order valence-electron chi connectivity index (χ4n) is 2.65. The van der Waals surface area contributed by atoms with Crippen LogP contribution in [0.4, 0.5) is 0 Å². The smallest absolute Gasteiger partial charge is 0.326 e. The zero-order valence-electron chi connectivity index (χ0n) is 10.8. The van der Waals surface area contributed by atoms with Gasteiger partial charge in [0.1, 0.15) is 0 Å². The molecule has 1 fully saturated rings. The molecular weight excluding hydrogens is 244 g/mol. The molecule has 2 N–H and O–H groups in total. The number of aliphatic hydroxyl groups is 1. The summed E-state index contributed by atoms with van der Waals surface area (Å²) in [6.07, 6.45) is 1.87. The lowest BCUT2D eigenvalue weighted by atomic mass is 9.91. The van der Waals surface area contributed by atoms with Crippen LogP contribution in [-0.4, -0.2) is 33.5 Å². The van der Waals surface area contributed by atoms with Gasteiger partial charge in [0, 0.05) is 19.8 Å². The first-order chi connectivity index (χ1) is 9.18. The summed E-state index contributed by atoms with van der Waals surface area (Å²) < 4.78 is 6.96. The van der Waals surface area contributed by atoms with Crippen molar-refractivity contribution in [1.82, 2.24) is 9.55 Å². The zero-order valence-corrected chi connectivity index (χ0v) is 10.8. The maximum absolute atomic E-state index is 11.9. The van der Waals surface area contributed by atoms with Crippen molar-refractivity contribution in [3.63, 3.8) is 0 Å². The summed E-state index contributed by atoms with van der Waals surface area (Å²) in [6, 6.07) is 7.61. The molecule has 0 bridgehead atoms. The van der Waals surface area contributed by atoms with Crippen molar-refractivity contribution in [2.75, 3.05) is 13.2 Å². The molecule has 1 aromatic heterocycles. The van der Waals surface area contributed by atoms with Crippen molar-refractivity contribution < 1.29 is 9.84 Å². The minimum atomic E-state index is -0.698. The number of aromatic amines is 1. The Morgan fingerprint density at radius 3 is 2.84 bits per heavy atom. The number of aromatic nitrogens is 2. The first kappa shape index (κ1) is 12.4. The number of rotatable bonds is 3. The van der Waals surface area contributed by atoms with Crippen molar-refractivity contribution in [1.29, 1.82) is 0 Å². The molecule has 2 heterocycles. The summed E-state index contributed by atoms with van der Waals surface area (Å²) >= 11 is 0. The summed E-state index contributed by atoms with van der Waals surface area (Å²) in [7, 11) is 0. The molecule has 0 radical (unpaired) electrons. The van der Waals surface area contributed by atoms with E-state index in [9.17, 15) is 9.90 Å². The van der Waals surface area contributed by atoms with Gasteiger partial charge in [0.25, 0.3) is 0 Å². The van der Waals surface area contributed by atoms with Crippen molar-refractivity contribution in [2.45, 2.75) is 31.4 Å². The van der Waals surface area contributed by atoms with E-state index in [0.29, 0.717) is 39.0 Å². The first-order valence-electron chi connectivity index (χ1n) is 6.66. The third-order valence-corrected chi connectivity index (χ3v) is 3.91. The van der Waals surface area contributed by atoms with Gasteiger partial charge < -0.3 is 14.8 Å². The molecule has 2 aromatic rings. The molecule has 5 heteroatoms. The number of fused-ring (bicyclic) bond motifs is 1. The van der Waals surface area contributed by atoms with Crippen LogP contribution in [-0.2, 0) is 11.3 Å². The second-order valence-corrected chi connectivity index (χ2v) is 5.19. The van der Waals surface area contributed by atoms with Gasteiger partial charge in [0.2, 0.25) is 0 Å². The molecule has 0 saturated carbocycles. The van der Waals surface area contributed by atoms with Crippen molar-refractivity contribution in [3.8, 4) is 0 Å². The average molecular weight is 262 g/mol. The van der Waals surface area contributed by atoms with Crippen LogP contribution in [0.1, 0.15) is 19.3 Å². The fraction of sp³-hybridized carbons (Fsp3) is 0.500. The van der Waals surface area contributed by atoms with Gasteiger partial charge in [0.05, 0.1) is 16.6 Å². The maximum Gasteiger partial charge on any atom is 0.326 e. The molecule has 1 aromatic carbocycles. The van der Waals surface area contributed by atoms with Gasteiger partial charge in [-0.25, -0.2) is 4.79 Å². The SMILES string of the molecule is O=c1[nH]c2ccccc2n1CCC1(O)CCOCC1. The molecule has 19 heavy (non-hydrogen) atoms. The van der Waals surface area contributed by atoms with E-state index in [-0.39, 0.29) is 5.69 Å². The molecule has 1 saturated heterocycles. The lowest BCUT2D eigenvalue weighted by Crippen LogP contribution is -2.37. The van der Waals surface area contributed by atoms with E-state index in [0.717, 1.165) is 11.0 Å². The van der Waals surface area contributed by atoms with Crippen molar-refractivity contribution in [2.24, 2.45) is 0 Å². The van der Waals surface area contributed by atoms with Crippen LogP contribution in [0, 0.1) is 0 Å². The molecule has 102 valence electrons. The Labute approximate surface area is 110 Å². The van der Waals surface area contributed by atoms with Gasteiger partial charge in [-0.2, -0.15) is 0 Å². The average Bonchev–Trinajstić information content (AvgIpc) is 2.73. The summed E-state index contributed by atoms with van der Waals surface area (Å²) in [6.45, 7) is 1.72. The Morgan fingerprint density at radius 2 is 2.05 bits per heavy atom. The Kier molecular flexibility index (Phi) is 3.16. The molecule has 0 amide bonds. The zero-order chi connectivity index (χ0) is 13.3. The summed E-state index contributed by atoms with van der Waals surface area (Å²) in [5.41, 5.74) is 0.919. The molecule has 0 aliphatic carbocycles. The van der Waals surface area contributed by atoms with E-state index in [2.05, 4.69) is 4.98 Å². The second-order valence-electron chi connectivity index (χ2n) is 5.19. The highest BCUT2D eigenvalue weighted by Gasteiger charge is 2.29. The van der Waals surface area contributed by atoms with Gasteiger partial charge in [-0.15, -0.1) is 0 Å². The largest absolute Gasteiger partial charge is 0.390 e. The Balaban J connectivity index is 1.82. The van der Waals surface area contributed by atoms with Crippen LogP contribution in [0.15, 0.2) is 29.1 Å². The highest BCUT2D eigenvalue weighted by molar-refractivity contribution is 5.74. The number of nitrogens with one attached hydrogen (secondary N) is 1. The number of imidazole rings is 1. The number of benzene rings is 1. The number of nitrogens with zero attached hydrogens (tertiary/aromatic N) is 1. The van der Waals surface area contributed by atoms with E-state index in [1.165, 1.54) is 0 Å². The van der Waals surface area contributed by atoms with E-state index < -0.39 is 5.60 Å². The van der Waals surface area contributed by atoms with Crippen LogP contribution >= 0.6 is 0 Å². The predicted molar refractivity (Wildman–Crippen MR) is 72.2 cm³/mol. The van der Waals surface area contributed by atoms with Crippen LogP contribution in [0.2, 0.25) is 0 Å². The highest BCUT2D eigenvalue weighted by atomic mass is 16.5. The van der Waals surface area contributed by atoms with Crippen LogP contribution in [0.25, 0.3) is 11.0 Å². The molecule has 1 aliphatic heterocycles. The number of hydrogen-bond acceptors (Lipinski definition) is 3. The number of ether oxygens (including phenoxy) is 1. The third-order valence-electron chi connectivity index (χ3n) is 3.91.